The van der Waals surface area contributed by atoms with Gasteiger partial charge in [-0.25, -0.2) is 4.39 Å². The van der Waals surface area contributed by atoms with E-state index in [1.165, 1.54) is 6.07 Å². The molecule has 0 saturated carbocycles. The minimum absolute atomic E-state index is 0.202. The van der Waals surface area contributed by atoms with E-state index in [0.717, 1.165) is 37.4 Å². The topological polar surface area (TPSA) is 62.5 Å². The van der Waals surface area contributed by atoms with Crippen LogP contribution in [-0.2, 0) is 4.79 Å². The van der Waals surface area contributed by atoms with Gasteiger partial charge in [-0.3, -0.25) is 14.1 Å². The largest absolute Gasteiger partial charge is 0.322 e. The van der Waals surface area contributed by atoms with Crippen molar-refractivity contribution >= 4 is 33.2 Å². The monoisotopic (exact) mass is 431 g/mol. The highest BCUT2D eigenvalue weighted by Crippen LogP contribution is 2.27. The van der Waals surface area contributed by atoms with Crippen LogP contribution in [0.3, 0.4) is 0 Å². The molecular formula is C19H19BrFN5O. The number of halogens is 2. The second-order valence-corrected chi connectivity index (χ2v) is 7.63. The number of fused-ring (bicyclic) bond motifs is 1. The van der Waals surface area contributed by atoms with Gasteiger partial charge in [0.25, 0.3) is 0 Å². The molecule has 0 spiro atoms. The van der Waals surface area contributed by atoms with Crippen molar-refractivity contribution in [1.29, 1.82) is 0 Å². The summed E-state index contributed by atoms with van der Waals surface area (Å²) in [5.74, 6) is 0.648. The Morgan fingerprint density at radius 3 is 2.81 bits per heavy atom. The predicted molar refractivity (Wildman–Crippen MR) is 104 cm³/mol. The van der Waals surface area contributed by atoms with E-state index < -0.39 is 5.82 Å². The highest BCUT2D eigenvalue weighted by molar-refractivity contribution is 9.10. The van der Waals surface area contributed by atoms with Gasteiger partial charge in [0, 0.05) is 16.6 Å². The molecule has 0 atom stereocenters. The molecule has 0 bridgehead atoms. The molecule has 1 aliphatic heterocycles. The first-order valence-corrected chi connectivity index (χ1v) is 9.66. The molecular weight excluding hydrogens is 413 g/mol. The van der Waals surface area contributed by atoms with Crippen molar-refractivity contribution in [3.05, 3.63) is 58.7 Å². The molecule has 2 aromatic heterocycles. The summed E-state index contributed by atoms with van der Waals surface area (Å²) in [6, 6.07) is 10.5. The summed E-state index contributed by atoms with van der Waals surface area (Å²) in [6.45, 7) is 1.84. The first kappa shape index (κ1) is 18.1. The molecule has 1 aliphatic rings. The van der Waals surface area contributed by atoms with Gasteiger partial charge in [0.2, 0.25) is 5.91 Å². The maximum atomic E-state index is 13.9. The van der Waals surface area contributed by atoms with E-state index >= 15 is 0 Å². The van der Waals surface area contributed by atoms with Crippen molar-refractivity contribution in [2.75, 3.05) is 25.0 Å². The highest BCUT2D eigenvalue weighted by atomic mass is 79.9. The van der Waals surface area contributed by atoms with Crippen molar-refractivity contribution in [2.45, 2.75) is 18.8 Å². The van der Waals surface area contributed by atoms with Crippen molar-refractivity contribution in [1.82, 2.24) is 19.5 Å². The lowest BCUT2D eigenvalue weighted by Gasteiger charge is -2.30. The Bertz CT molecular complexity index is 968. The zero-order chi connectivity index (χ0) is 18.8. The van der Waals surface area contributed by atoms with E-state index in [-0.39, 0.29) is 18.1 Å². The SMILES string of the molecule is O=C(CN1CCC(c2nnc3ccccn23)CC1)Nc1ccc(Br)cc1F. The van der Waals surface area contributed by atoms with Crippen molar-refractivity contribution in [3.8, 4) is 0 Å². The average Bonchev–Trinajstić information content (AvgIpc) is 3.09. The summed E-state index contributed by atoms with van der Waals surface area (Å²) >= 11 is 3.21. The van der Waals surface area contributed by atoms with Crippen LogP contribution >= 0.6 is 15.9 Å². The van der Waals surface area contributed by atoms with Gasteiger partial charge >= 0.3 is 0 Å². The Kier molecular flexibility index (Phi) is 5.18. The normalized spacial score (nSPS) is 15.9. The van der Waals surface area contributed by atoms with Gasteiger partial charge < -0.3 is 5.32 Å². The number of carbonyl (C=O) groups excluding carboxylic acids is 1. The number of piperidine rings is 1. The summed E-state index contributed by atoms with van der Waals surface area (Å²) in [5.41, 5.74) is 1.05. The third-order valence-corrected chi connectivity index (χ3v) is 5.36. The highest BCUT2D eigenvalue weighted by Gasteiger charge is 2.25. The molecule has 4 rings (SSSR count). The van der Waals surface area contributed by atoms with Gasteiger partial charge in [0.1, 0.15) is 11.6 Å². The van der Waals surface area contributed by atoms with Gasteiger partial charge in [0.05, 0.1) is 12.2 Å². The molecule has 1 aromatic carbocycles. The summed E-state index contributed by atoms with van der Waals surface area (Å²) in [4.78, 5) is 14.3. The van der Waals surface area contributed by atoms with Crippen LogP contribution in [0.1, 0.15) is 24.6 Å². The Morgan fingerprint density at radius 2 is 2.04 bits per heavy atom. The molecule has 0 aliphatic carbocycles. The van der Waals surface area contributed by atoms with Crippen LogP contribution in [-0.4, -0.2) is 45.0 Å². The van der Waals surface area contributed by atoms with Crippen LogP contribution in [0.2, 0.25) is 0 Å². The predicted octanol–water partition coefficient (Wildman–Crippen LogP) is 3.45. The molecule has 27 heavy (non-hydrogen) atoms. The molecule has 140 valence electrons. The van der Waals surface area contributed by atoms with Crippen molar-refractivity contribution in [2.24, 2.45) is 0 Å². The summed E-state index contributed by atoms with van der Waals surface area (Å²) in [7, 11) is 0. The van der Waals surface area contributed by atoms with Gasteiger partial charge in [-0.1, -0.05) is 22.0 Å². The summed E-state index contributed by atoms with van der Waals surface area (Å²) in [5, 5.41) is 11.2. The van der Waals surface area contributed by atoms with E-state index in [2.05, 4.69) is 36.3 Å². The first-order chi connectivity index (χ1) is 13.1. The second-order valence-electron chi connectivity index (χ2n) is 6.71. The van der Waals surface area contributed by atoms with Crippen LogP contribution in [0.15, 0.2) is 47.1 Å². The number of amides is 1. The number of benzene rings is 1. The Labute approximate surface area is 164 Å². The maximum absolute atomic E-state index is 13.9. The number of nitrogens with zero attached hydrogens (tertiary/aromatic N) is 4. The molecule has 0 radical (unpaired) electrons. The Balaban J connectivity index is 1.33. The zero-order valence-electron chi connectivity index (χ0n) is 14.6. The molecule has 1 N–H and O–H groups in total. The standard InChI is InChI=1S/C19H19BrFN5O/c20-14-4-5-16(15(21)11-14)22-18(27)12-25-9-6-13(7-10-25)19-24-23-17-3-1-2-8-26(17)19/h1-5,8,11,13H,6-7,9-10,12H2,(H,22,27). The van der Waals surface area contributed by atoms with E-state index in [4.69, 9.17) is 0 Å². The van der Waals surface area contributed by atoms with E-state index in [1.54, 1.807) is 12.1 Å². The zero-order valence-corrected chi connectivity index (χ0v) is 16.2. The lowest BCUT2D eigenvalue weighted by atomic mass is 9.96. The van der Waals surface area contributed by atoms with E-state index in [9.17, 15) is 9.18 Å². The Morgan fingerprint density at radius 1 is 1.22 bits per heavy atom. The van der Waals surface area contributed by atoms with Crippen molar-refractivity contribution < 1.29 is 9.18 Å². The number of carbonyl (C=O) groups is 1. The number of hydrogen-bond acceptors (Lipinski definition) is 4. The number of anilines is 1. The number of hydrogen-bond donors (Lipinski definition) is 1. The first-order valence-electron chi connectivity index (χ1n) is 8.87. The third-order valence-electron chi connectivity index (χ3n) is 4.87. The van der Waals surface area contributed by atoms with Gasteiger partial charge in [0.15, 0.2) is 5.65 Å². The van der Waals surface area contributed by atoms with E-state index in [0.29, 0.717) is 10.4 Å². The smallest absolute Gasteiger partial charge is 0.238 e. The van der Waals surface area contributed by atoms with Crippen LogP contribution in [0.25, 0.3) is 5.65 Å². The number of pyridine rings is 1. The van der Waals surface area contributed by atoms with Crippen LogP contribution in [0.4, 0.5) is 10.1 Å². The van der Waals surface area contributed by atoms with Gasteiger partial charge in [-0.2, -0.15) is 0 Å². The summed E-state index contributed by atoms with van der Waals surface area (Å²) in [6.07, 6.45) is 3.81. The molecule has 0 unspecified atom stereocenters. The molecule has 1 fully saturated rings. The summed E-state index contributed by atoms with van der Waals surface area (Å²) < 4.78 is 16.5. The molecule has 3 aromatic rings. The van der Waals surface area contributed by atoms with E-state index in [1.807, 2.05) is 28.8 Å². The fourth-order valence-electron chi connectivity index (χ4n) is 3.47. The molecule has 8 heteroatoms. The minimum atomic E-state index is -0.449. The molecule has 1 amide bonds. The van der Waals surface area contributed by atoms with Crippen LogP contribution < -0.4 is 5.32 Å². The van der Waals surface area contributed by atoms with Crippen molar-refractivity contribution in [3.63, 3.8) is 0 Å². The average molecular weight is 432 g/mol. The third kappa shape index (κ3) is 4.01. The number of nitrogens with one attached hydrogen (secondary N) is 1. The lowest BCUT2D eigenvalue weighted by Crippen LogP contribution is -2.39. The molecule has 3 heterocycles. The second kappa shape index (κ2) is 7.74. The van der Waals surface area contributed by atoms with Crippen LogP contribution in [0, 0.1) is 5.82 Å². The fraction of sp³-hybridized carbons (Fsp3) is 0.316. The maximum Gasteiger partial charge on any atom is 0.238 e. The number of aromatic nitrogens is 3. The Hall–Kier alpha value is -2.32. The molecule has 6 nitrogen and oxygen atoms in total. The molecule has 1 saturated heterocycles. The number of rotatable bonds is 4. The minimum Gasteiger partial charge on any atom is -0.322 e. The number of likely N-dealkylation sites (tertiary alicyclic amines) is 1. The lowest BCUT2D eigenvalue weighted by molar-refractivity contribution is -0.117. The fourth-order valence-corrected chi connectivity index (χ4v) is 3.80. The quantitative estimate of drug-likeness (QED) is 0.686. The van der Waals surface area contributed by atoms with Gasteiger partial charge in [-0.05, 0) is 56.3 Å². The van der Waals surface area contributed by atoms with Crippen LogP contribution in [0.5, 0.6) is 0 Å². The van der Waals surface area contributed by atoms with Gasteiger partial charge in [-0.15, -0.1) is 10.2 Å².